The van der Waals surface area contributed by atoms with Gasteiger partial charge in [-0.25, -0.2) is 8.42 Å². The maximum atomic E-state index is 11.9. The third-order valence-corrected chi connectivity index (χ3v) is 5.10. The number of hydrogen-bond acceptors (Lipinski definition) is 3. The van der Waals surface area contributed by atoms with Gasteiger partial charge < -0.3 is 4.74 Å². The number of hydrogen-bond donors (Lipinski definition) is 1. The minimum Gasteiger partial charge on any atom is -0.455 e. The second kappa shape index (κ2) is 6.01. The molecule has 22 heavy (non-hydrogen) atoms. The van der Waals surface area contributed by atoms with Crippen molar-refractivity contribution in [3.63, 3.8) is 0 Å². The van der Waals surface area contributed by atoms with Crippen LogP contribution in [-0.4, -0.2) is 14.2 Å². The molecule has 0 spiro atoms. The molecule has 0 aromatic heterocycles. The summed E-state index contributed by atoms with van der Waals surface area (Å²) in [4.78, 5) is 0. The lowest BCUT2D eigenvalue weighted by molar-refractivity contribution is 0.484. The van der Waals surface area contributed by atoms with E-state index in [1.807, 2.05) is 42.5 Å². The number of ether oxygens (including phenoxy) is 1. The van der Waals surface area contributed by atoms with E-state index in [1.165, 1.54) is 11.1 Å². The molecule has 0 aliphatic heterocycles. The van der Waals surface area contributed by atoms with Crippen LogP contribution in [0.15, 0.2) is 42.5 Å². The lowest BCUT2D eigenvalue weighted by Gasteiger charge is -2.15. The van der Waals surface area contributed by atoms with Crippen LogP contribution in [0.25, 0.3) is 0 Å². The van der Waals surface area contributed by atoms with Gasteiger partial charge in [0.1, 0.15) is 5.75 Å². The number of rotatable bonds is 5. The van der Waals surface area contributed by atoms with Crippen molar-refractivity contribution in [2.75, 3.05) is 10.5 Å². The van der Waals surface area contributed by atoms with Gasteiger partial charge >= 0.3 is 0 Å². The summed E-state index contributed by atoms with van der Waals surface area (Å²) >= 11 is 0. The van der Waals surface area contributed by atoms with Crippen LogP contribution < -0.4 is 9.46 Å². The Kier molecular flexibility index (Phi) is 4.07. The van der Waals surface area contributed by atoms with Crippen molar-refractivity contribution in [3.8, 4) is 11.5 Å². The van der Waals surface area contributed by atoms with Crippen molar-refractivity contribution >= 4 is 15.7 Å². The molecule has 0 saturated heterocycles. The number of nitrogens with one attached hydrogen (secondary N) is 1. The number of aryl methyl sites for hydroxylation is 2. The fourth-order valence-electron chi connectivity index (χ4n) is 2.62. The van der Waals surface area contributed by atoms with Gasteiger partial charge in [-0.15, -0.1) is 0 Å². The van der Waals surface area contributed by atoms with Crippen molar-refractivity contribution in [2.45, 2.75) is 26.2 Å². The molecule has 2 aromatic rings. The van der Waals surface area contributed by atoms with Crippen LogP contribution in [0.2, 0.25) is 0 Å². The summed E-state index contributed by atoms with van der Waals surface area (Å²) in [6.45, 7) is 1.62. The van der Waals surface area contributed by atoms with Gasteiger partial charge in [0.2, 0.25) is 10.0 Å². The number of para-hydroxylation sites is 1. The van der Waals surface area contributed by atoms with Crippen molar-refractivity contribution in [1.82, 2.24) is 0 Å². The maximum Gasteiger partial charge on any atom is 0.232 e. The number of fused-ring (bicyclic) bond motifs is 1. The van der Waals surface area contributed by atoms with Crippen molar-refractivity contribution < 1.29 is 13.2 Å². The zero-order valence-corrected chi connectivity index (χ0v) is 13.3. The average molecular weight is 317 g/mol. The maximum absolute atomic E-state index is 11.9. The molecule has 0 saturated carbocycles. The SMILES string of the molecule is CCS(=O)(=O)Nc1cc2c(cc1Oc1ccccc1)CCC2. The van der Waals surface area contributed by atoms with Crippen LogP contribution in [0.5, 0.6) is 11.5 Å². The summed E-state index contributed by atoms with van der Waals surface area (Å²) in [5, 5.41) is 0. The predicted molar refractivity (Wildman–Crippen MR) is 88.1 cm³/mol. The summed E-state index contributed by atoms with van der Waals surface area (Å²) in [6.07, 6.45) is 3.10. The molecule has 0 radical (unpaired) electrons. The van der Waals surface area contributed by atoms with Gasteiger partial charge in [0.25, 0.3) is 0 Å². The Bertz CT molecular complexity index is 770. The molecule has 0 bridgehead atoms. The molecule has 2 aromatic carbocycles. The Hall–Kier alpha value is -2.01. The Morgan fingerprint density at radius 3 is 2.45 bits per heavy atom. The highest BCUT2D eigenvalue weighted by molar-refractivity contribution is 7.92. The van der Waals surface area contributed by atoms with E-state index < -0.39 is 10.0 Å². The fraction of sp³-hybridized carbons (Fsp3) is 0.294. The standard InChI is InChI=1S/C17H19NO3S/c1-2-22(19,20)18-16-11-13-7-6-8-14(13)12-17(16)21-15-9-4-3-5-10-15/h3-5,9-12,18H,2,6-8H2,1H3. The fourth-order valence-corrected chi connectivity index (χ4v) is 3.26. The highest BCUT2D eigenvalue weighted by Crippen LogP contribution is 2.36. The van der Waals surface area contributed by atoms with Crippen LogP contribution in [-0.2, 0) is 22.9 Å². The molecule has 0 fully saturated rings. The first-order valence-corrected chi connectivity index (χ1v) is 9.12. The predicted octanol–water partition coefficient (Wildman–Crippen LogP) is 3.73. The van der Waals surface area contributed by atoms with Gasteiger partial charge in [-0.05, 0) is 61.6 Å². The summed E-state index contributed by atoms with van der Waals surface area (Å²) in [5.74, 6) is 1.29. The second-order valence-electron chi connectivity index (χ2n) is 5.39. The van der Waals surface area contributed by atoms with E-state index in [4.69, 9.17) is 4.74 Å². The van der Waals surface area contributed by atoms with E-state index in [0.717, 1.165) is 19.3 Å². The Labute approximate surface area is 131 Å². The molecule has 5 heteroatoms. The van der Waals surface area contributed by atoms with Gasteiger partial charge in [0, 0.05) is 0 Å². The zero-order chi connectivity index (χ0) is 15.6. The van der Waals surface area contributed by atoms with E-state index in [2.05, 4.69) is 4.72 Å². The number of benzene rings is 2. The Morgan fingerprint density at radius 1 is 1.09 bits per heavy atom. The van der Waals surface area contributed by atoms with E-state index >= 15 is 0 Å². The van der Waals surface area contributed by atoms with Gasteiger partial charge in [-0.2, -0.15) is 0 Å². The summed E-state index contributed by atoms with van der Waals surface area (Å²) in [6, 6.07) is 13.3. The van der Waals surface area contributed by atoms with Gasteiger partial charge in [-0.3, -0.25) is 4.72 Å². The average Bonchev–Trinajstić information content (AvgIpc) is 2.95. The van der Waals surface area contributed by atoms with Crippen molar-refractivity contribution in [2.24, 2.45) is 0 Å². The topological polar surface area (TPSA) is 55.4 Å². The highest BCUT2D eigenvalue weighted by atomic mass is 32.2. The monoisotopic (exact) mass is 317 g/mol. The summed E-state index contributed by atoms with van der Waals surface area (Å²) in [5.41, 5.74) is 2.96. The van der Waals surface area contributed by atoms with E-state index in [0.29, 0.717) is 17.2 Å². The summed E-state index contributed by atoms with van der Waals surface area (Å²) < 4.78 is 32.3. The molecule has 0 heterocycles. The van der Waals surface area contributed by atoms with Crippen LogP contribution >= 0.6 is 0 Å². The zero-order valence-electron chi connectivity index (χ0n) is 12.5. The largest absolute Gasteiger partial charge is 0.455 e. The van der Waals surface area contributed by atoms with E-state index in [-0.39, 0.29) is 5.75 Å². The highest BCUT2D eigenvalue weighted by Gasteiger charge is 2.18. The molecular weight excluding hydrogens is 298 g/mol. The van der Waals surface area contributed by atoms with Crippen LogP contribution in [0.1, 0.15) is 24.5 Å². The first kappa shape index (κ1) is 14.9. The van der Waals surface area contributed by atoms with Gasteiger partial charge in [0.05, 0.1) is 11.4 Å². The minimum atomic E-state index is -3.33. The van der Waals surface area contributed by atoms with E-state index in [9.17, 15) is 8.42 Å². The molecular formula is C17H19NO3S. The first-order chi connectivity index (χ1) is 10.6. The second-order valence-corrected chi connectivity index (χ2v) is 7.40. The summed E-state index contributed by atoms with van der Waals surface area (Å²) in [7, 11) is -3.33. The lowest BCUT2D eigenvalue weighted by Crippen LogP contribution is -2.15. The molecule has 1 aliphatic rings. The number of anilines is 1. The first-order valence-electron chi connectivity index (χ1n) is 7.46. The smallest absolute Gasteiger partial charge is 0.232 e. The third-order valence-electron chi connectivity index (χ3n) is 3.81. The molecule has 1 aliphatic carbocycles. The third kappa shape index (κ3) is 3.25. The molecule has 0 amide bonds. The molecule has 4 nitrogen and oxygen atoms in total. The van der Waals surface area contributed by atoms with Crippen LogP contribution in [0, 0.1) is 0 Å². The Morgan fingerprint density at radius 2 is 1.77 bits per heavy atom. The van der Waals surface area contributed by atoms with Crippen molar-refractivity contribution in [1.29, 1.82) is 0 Å². The molecule has 116 valence electrons. The van der Waals surface area contributed by atoms with Crippen LogP contribution in [0.4, 0.5) is 5.69 Å². The molecule has 0 unspecified atom stereocenters. The minimum absolute atomic E-state index is 0.0366. The Balaban J connectivity index is 1.99. The molecule has 3 rings (SSSR count). The quantitative estimate of drug-likeness (QED) is 0.914. The van der Waals surface area contributed by atoms with Crippen LogP contribution in [0.3, 0.4) is 0 Å². The van der Waals surface area contributed by atoms with E-state index in [1.54, 1.807) is 6.92 Å². The van der Waals surface area contributed by atoms with Crippen molar-refractivity contribution in [3.05, 3.63) is 53.6 Å². The number of sulfonamides is 1. The molecule has 0 atom stereocenters. The molecule has 1 N–H and O–H groups in total. The lowest BCUT2D eigenvalue weighted by atomic mass is 10.1. The van der Waals surface area contributed by atoms with Gasteiger partial charge in [-0.1, -0.05) is 18.2 Å². The normalized spacial score (nSPS) is 13.7. The van der Waals surface area contributed by atoms with Gasteiger partial charge in [0.15, 0.2) is 5.75 Å².